The van der Waals surface area contributed by atoms with Crippen LogP contribution >= 0.6 is 0 Å². The summed E-state index contributed by atoms with van der Waals surface area (Å²) in [6.07, 6.45) is 3.43. The zero-order valence-electron chi connectivity index (χ0n) is 17.8. The molecule has 32 heavy (non-hydrogen) atoms. The van der Waals surface area contributed by atoms with Crippen molar-refractivity contribution < 1.29 is 17.9 Å². The van der Waals surface area contributed by atoms with Crippen molar-refractivity contribution in [3.05, 3.63) is 84.2 Å². The van der Waals surface area contributed by atoms with Gasteiger partial charge in [-0.2, -0.15) is 0 Å². The van der Waals surface area contributed by atoms with Crippen LogP contribution in [-0.2, 0) is 10.0 Å². The molecule has 1 unspecified atom stereocenters. The predicted octanol–water partition coefficient (Wildman–Crippen LogP) is 4.26. The smallest absolute Gasteiger partial charge is 0.261 e. The molecule has 4 rings (SSSR count). The molecule has 0 radical (unpaired) electrons. The summed E-state index contributed by atoms with van der Waals surface area (Å²) in [4.78, 5) is 19.4. The van der Waals surface area contributed by atoms with Gasteiger partial charge in [-0.3, -0.25) is 14.5 Å². The zero-order chi connectivity index (χ0) is 22.6. The molecule has 0 spiro atoms. The van der Waals surface area contributed by atoms with Crippen molar-refractivity contribution in [2.75, 3.05) is 17.9 Å². The third-order valence-corrected chi connectivity index (χ3v) is 6.73. The lowest BCUT2D eigenvalue weighted by Crippen LogP contribution is -2.31. The number of nitrogens with zero attached hydrogens (tertiary/aromatic N) is 2. The van der Waals surface area contributed by atoms with E-state index in [1.165, 1.54) is 12.1 Å². The molecule has 1 aliphatic heterocycles. The fraction of sp³-hybridized carbons (Fsp3) is 0.250. The summed E-state index contributed by atoms with van der Waals surface area (Å²) in [6.45, 7) is 3.03. The van der Waals surface area contributed by atoms with Crippen LogP contribution in [0.2, 0.25) is 0 Å². The number of hydrogen-bond acceptors (Lipinski definition) is 5. The molecule has 1 atom stereocenters. The fourth-order valence-electron chi connectivity index (χ4n) is 3.85. The Morgan fingerprint density at radius 3 is 2.66 bits per heavy atom. The van der Waals surface area contributed by atoms with E-state index in [0.717, 1.165) is 18.5 Å². The second-order valence-electron chi connectivity index (χ2n) is 7.50. The lowest BCUT2D eigenvalue weighted by atomic mass is 10.1. The number of nitrogens with one attached hydrogen (secondary N) is 1. The Labute approximate surface area is 188 Å². The van der Waals surface area contributed by atoms with E-state index in [1.54, 1.807) is 47.5 Å². The van der Waals surface area contributed by atoms with Gasteiger partial charge >= 0.3 is 0 Å². The van der Waals surface area contributed by atoms with Crippen molar-refractivity contribution >= 4 is 21.6 Å². The van der Waals surface area contributed by atoms with Crippen molar-refractivity contribution in [1.29, 1.82) is 0 Å². The van der Waals surface area contributed by atoms with E-state index in [0.29, 0.717) is 30.2 Å². The maximum absolute atomic E-state index is 13.2. The molecule has 1 fully saturated rings. The van der Waals surface area contributed by atoms with E-state index in [9.17, 15) is 13.2 Å². The van der Waals surface area contributed by atoms with Crippen LogP contribution in [0.3, 0.4) is 0 Å². The van der Waals surface area contributed by atoms with Gasteiger partial charge in [-0.1, -0.05) is 12.1 Å². The lowest BCUT2D eigenvalue weighted by Gasteiger charge is -2.24. The Morgan fingerprint density at radius 1 is 1.12 bits per heavy atom. The number of sulfonamides is 1. The van der Waals surface area contributed by atoms with E-state index in [2.05, 4.69) is 9.71 Å². The number of amides is 1. The maximum atomic E-state index is 13.2. The van der Waals surface area contributed by atoms with Crippen molar-refractivity contribution in [3.63, 3.8) is 0 Å². The minimum absolute atomic E-state index is 0.0332. The van der Waals surface area contributed by atoms with Gasteiger partial charge in [-0.05, 0) is 74.4 Å². The topological polar surface area (TPSA) is 88.6 Å². The van der Waals surface area contributed by atoms with Crippen LogP contribution in [0.4, 0.5) is 5.69 Å². The van der Waals surface area contributed by atoms with Crippen molar-refractivity contribution in [2.45, 2.75) is 30.7 Å². The van der Waals surface area contributed by atoms with E-state index in [1.807, 2.05) is 25.1 Å². The molecule has 1 N–H and O–H groups in total. The van der Waals surface area contributed by atoms with Gasteiger partial charge in [0.15, 0.2) is 0 Å². The number of rotatable bonds is 7. The molecule has 0 aliphatic carbocycles. The minimum atomic E-state index is -3.86. The highest BCUT2D eigenvalue weighted by Crippen LogP contribution is 2.32. The van der Waals surface area contributed by atoms with Crippen LogP contribution in [0.25, 0.3) is 0 Å². The fourth-order valence-corrected chi connectivity index (χ4v) is 4.96. The molecule has 0 saturated carbocycles. The lowest BCUT2D eigenvalue weighted by molar-refractivity contribution is 0.0732. The summed E-state index contributed by atoms with van der Waals surface area (Å²) in [5.41, 5.74) is 1.60. The summed E-state index contributed by atoms with van der Waals surface area (Å²) >= 11 is 0. The van der Waals surface area contributed by atoms with Gasteiger partial charge in [0, 0.05) is 24.0 Å². The second kappa shape index (κ2) is 9.40. The van der Waals surface area contributed by atoms with Gasteiger partial charge in [-0.15, -0.1) is 0 Å². The molecule has 1 amide bonds. The number of benzene rings is 2. The number of likely N-dealkylation sites (tertiary alicyclic amines) is 1. The molecule has 1 aromatic heterocycles. The first kappa shape index (κ1) is 21.8. The summed E-state index contributed by atoms with van der Waals surface area (Å²) < 4.78 is 33.8. The normalized spacial score (nSPS) is 16.0. The number of pyridine rings is 1. The number of carbonyl (C=O) groups is 1. The molecule has 7 nitrogen and oxygen atoms in total. The predicted molar refractivity (Wildman–Crippen MR) is 122 cm³/mol. The van der Waals surface area contributed by atoms with Crippen LogP contribution in [0, 0.1) is 0 Å². The number of anilines is 1. The highest BCUT2D eigenvalue weighted by atomic mass is 32.2. The van der Waals surface area contributed by atoms with Gasteiger partial charge < -0.3 is 9.64 Å². The van der Waals surface area contributed by atoms with Crippen LogP contribution < -0.4 is 9.46 Å². The van der Waals surface area contributed by atoms with E-state index in [-0.39, 0.29) is 16.8 Å². The number of ether oxygens (including phenoxy) is 1. The summed E-state index contributed by atoms with van der Waals surface area (Å²) in [6, 6.07) is 18.4. The van der Waals surface area contributed by atoms with E-state index in [4.69, 9.17) is 4.74 Å². The quantitative estimate of drug-likeness (QED) is 0.580. The summed E-state index contributed by atoms with van der Waals surface area (Å²) in [5.74, 6) is 0.465. The molecule has 0 bridgehead atoms. The van der Waals surface area contributed by atoms with Gasteiger partial charge in [0.1, 0.15) is 5.75 Å². The van der Waals surface area contributed by atoms with Crippen molar-refractivity contribution in [2.24, 2.45) is 0 Å². The third kappa shape index (κ3) is 4.75. The second-order valence-corrected chi connectivity index (χ2v) is 9.18. The van der Waals surface area contributed by atoms with Crippen LogP contribution in [0.5, 0.6) is 5.75 Å². The molecular formula is C24H25N3O4S. The van der Waals surface area contributed by atoms with Gasteiger partial charge in [0.2, 0.25) is 0 Å². The number of hydrogen-bond donors (Lipinski definition) is 1. The van der Waals surface area contributed by atoms with Gasteiger partial charge in [0.25, 0.3) is 15.9 Å². The first-order valence-corrected chi connectivity index (χ1v) is 12.0. The van der Waals surface area contributed by atoms with Crippen molar-refractivity contribution in [1.82, 2.24) is 9.88 Å². The zero-order valence-corrected chi connectivity index (χ0v) is 18.6. The molecule has 8 heteroatoms. The maximum Gasteiger partial charge on any atom is 0.261 e. The average molecular weight is 452 g/mol. The number of carbonyl (C=O) groups excluding carboxylic acids is 1. The van der Waals surface area contributed by atoms with E-state index >= 15 is 0 Å². The minimum Gasteiger partial charge on any atom is -0.494 e. The third-order valence-electron chi connectivity index (χ3n) is 5.35. The standard InChI is InChI=1S/C24H25N3O4S/c1-2-31-20-13-11-19(12-14-20)26-32(29,30)21-8-5-7-18(17-21)24(28)27-16-6-10-23(27)22-9-3-4-15-25-22/h3-5,7-9,11-15,17,23,26H,2,6,10,16H2,1H3. The largest absolute Gasteiger partial charge is 0.494 e. The Kier molecular flexibility index (Phi) is 6.41. The summed E-state index contributed by atoms with van der Waals surface area (Å²) in [7, 11) is -3.86. The highest BCUT2D eigenvalue weighted by molar-refractivity contribution is 7.92. The Morgan fingerprint density at radius 2 is 1.94 bits per heavy atom. The molecule has 1 aliphatic rings. The SMILES string of the molecule is CCOc1ccc(NS(=O)(=O)c2cccc(C(=O)N3CCCC3c3ccccn3)c2)cc1. The highest BCUT2D eigenvalue weighted by Gasteiger charge is 2.31. The Bertz CT molecular complexity index is 1180. The Balaban J connectivity index is 1.54. The van der Waals surface area contributed by atoms with Crippen molar-refractivity contribution in [3.8, 4) is 5.75 Å². The first-order valence-electron chi connectivity index (χ1n) is 10.6. The van der Waals surface area contributed by atoms with Crippen LogP contribution in [0.15, 0.2) is 77.8 Å². The summed E-state index contributed by atoms with van der Waals surface area (Å²) in [5, 5.41) is 0. The van der Waals surface area contributed by atoms with E-state index < -0.39 is 10.0 Å². The molecule has 3 aromatic rings. The molecule has 1 saturated heterocycles. The molecular weight excluding hydrogens is 426 g/mol. The molecule has 2 heterocycles. The van der Waals surface area contributed by atoms with Gasteiger partial charge in [0.05, 0.1) is 23.2 Å². The Hall–Kier alpha value is -3.39. The molecule has 2 aromatic carbocycles. The van der Waals surface area contributed by atoms with Crippen LogP contribution in [0.1, 0.15) is 41.9 Å². The monoisotopic (exact) mass is 451 g/mol. The number of aromatic nitrogens is 1. The first-order chi connectivity index (χ1) is 15.5. The van der Waals surface area contributed by atoms with Gasteiger partial charge in [-0.25, -0.2) is 8.42 Å². The average Bonchev–Trinajstić information content (AvgIpc) is 3.30. The molecule has 166 valence electrons. The van der Waals surface area contributed by atoms with Crippen LogP contribution in [-0.4, -0.2) is 37.4 Å².